The van der Waals surface area contributed by atoms with Crippen LogP contribution in [0, 0.1) is 5.92 Å². The lowest BCUT2D eigenvalue weighted by Gasteiger charge is -2.14. The second kappa shape index (κ2) is 6.37. The minimum Gasteiger partial charge on any atom is -0.384 e. The normalized spacial score (nSPS) is 10.9. The molecule has 0 bridgehead atoms. The molecule has 1 aromatic carbocycles. The zero-order valence-corrected chi connectivity index (χ0v) is 12.0. The Morgan fingerprint density at radius 1 is 1.30 bits per heavy atom. The van der Waals surface area contributed by atoms with E-state index in [1.165, 1.54) is 0 Å². The van der Waals surface area contributed by atoms with E-state index >= 15 is 0 Å². The van der Waals surface area contributed by atoms with Crippen LogP contribution in [0.5, 0.6) is 0 Å². The maximum absolute atomic E-state index is 12.4. The number of amides is 1. The summed E-state index contributed by atoms with van der Waals surface area (Å²) in [6, 6.07) is 9.19. The summed E-state index contributed by atoms with van der Waals surface area (Å²) in [5.74, 6) is 0.808. The Balaban J connectivity index is 2.25. The first-order valence-electron chi connectivity index (χ1n) is 7.09. The van der Waals surface area contributed by atoms with Gasteiger partial charge in [0, 0.05) is 11.9 Å². The van der Waals surface area contributed by atoms with Crippen LogP contribution >= 0.6 is 0 Å². The Hall–Kier alpha value is -2.10. The number of pyridine rings is 1. The molecule has 0 saturated heterocycles. The maximum Gasteiger partial charge on any atom is 0.252 e. The minimum atomic E-state index is -0.0813. The van der Waals surface area contributed by atoms with Crippen molar-refractivity contribution in [3.8, 4) is 0 Å². The Labute approximate surface area is 119 Å². The Kier molecular flexibility index (Phi) is 4.56. The largest absolute Gasteiger partial charge is 0.384 e. The molecular formula is C16H21N3O. The zero-order valence-electron chi connectivity index (χ0n) is 12.0. The van der Waals surface area contributed by atoms with Gasteiger partial charge in [-0.2, -0.15) is 0 Å². The molecule has 3 N–H and O–H groups in total. The summed E-state index contributed by atoms with van der Waals surface area (Å²) in [4.78, 5) is 16.6. The molecule has 0 atom stereocenters. The van der Waals surface area contributed by atoms with Crippen molar-refractivity contribution in [2.24, 2.45) is 5.92 Å². The zero-order chi connectivity index (χ0) is 14.5. The highest BCUT2D eigenvalue weighted by Gasteiger charge is 2.13. The molecule has 1 heterocycles. The van der Waals surface area contributed by atoms with Gasteiger partial charge in [-0.25, -0.2) is 4.98 Å². The van der Waals surface area contributed by atoms with E-state index in [2.05, 4.69) is 24.1 Å². The molecule has 4 heteroatoms. The number of benzene rings is 1. The number of nitrogen functional groups attached to an aromatic ring is 1. The molecule has 0 fully saturated rings. The van der Waals surface area contributed by atoms with Crippen LogP contribution in [0.2, 0.25) is 0 Å². The molecule has 1 aromatic heterocycles. The van der Waals surface area contributed by atoms with Crippen LogP contribution in [-0.2, 0) is 0 Å². The van der Waals surface area contributed by atoms with Gasteiger partial charge in [0.15, 0.2) is 0 Å². The van der Waals surface area contributed by atoms with E-state index in [1.807, 2.05) is 24.3 Å². The van der Waals surface area contributed by atoms with Crippen molar-refractivity contribution in [2.75, 3.05) is 12.3 Å². The van der Waals surface area contributed by atoms with E-state index in [-0.39, 0.29) is 5.91 Å². The van der Waals surface area contributed by atoms with E-state index in [1.54, 1.807) is 6.07 Å². The smallest absolute Gasteiger partial charge is 0.252 e. The molecule has 0 unspecified atom stereocenters. The molecule has 0 radical (unpaired) electrons. The predicted octanol–water partition coefficient (Wildman–Crippen LogP) is 2.98. The maximum atomic E-state index is 12.4. The molecule has 1 amide bonds. The van der Waals surface area contributed by atoms with E-state index in [4.69, 9.17) is 5.73 Å². The third kappa shape index (κ3) is 3.07. The number of nitrogens with one attached hydrogen (secondary N) is 1. The Morgan fingerprint density at radius 3 is 2.70 bits per heavy atom. The third-order valence-corrected chi connectivity index (χ3v) is 3.69. The van der Waals surface area contributed by atoms with Gasteiger partial charge in [0.25, 0.3) is 5.91 Å². The second-order valence-corrected chi connectivity index (χ2v) is 5.00. The molecule has 4 nitrogen and oxygen atoms in total. The van der Waals surface area contributed by atoms with Crippen LogP contribution in [0.25, 0.3) is 10.9 Å². The number of nitrogens with two attached hydrogens (primary N) is 1. The van der Waals surface area contributed by atoms with Crippen molar-refractivity contribution in [2.45, 2.75) is 26.7 Å². The second-order valence-electron chi connectivity index (χ2n) is 5.00. The fourth-order valence-corrected chi connectivity index (χ4v) is 2.29. The fraction of sp³-hybridized carbons (Fsp3) is 0.375. The first kappa shape index (κ1) is 14.3. The number of para-hydroxylation sites is 1. The van der Waals surface area contributed by atoms with Crippen LogP contribution in [0.4, 0.5) is 5.82 Å². The lowest BCUT2D eigenvalue weighted by Crippen LogP contribution is -2.29. The van der Waals surface area contributed by atoms with Gasteiger partial charge in [-0.3, -0.25) is 4.79 Å². The third-order valence-electron chi connectivity index (χ3n) is 3.69. The average molecular weight is 271 g/mol. The number of carbonyl (C=O) groups is 1. The summed E-state index contributed by atoms with van der Waals surface area (Å²) in [5, 5.41) is 3.83. The first-order chi connectivity index (χ1) is 9.65. The molecule has 0 saturated carbocycles. The monoisotopic (exact) mass is 271 g/mol. The van der Waals surface area contributed by atoms with Gasteiger partial charge in [-0.05, 0) is 18.1 Å². The Morgan fingerprint density at radius 2 is 2.00 bits per heavy atom. The molecule has 106 valence electrons. The highest BCUT2D eigenvalue weighted by molar-refractivity contribution is 6.06. The summed E-state index contributed by atoms with van der Waals surface area (Å²) >= 11 is 0. The summed E-state index contributed by atoms with van der Waals surface area (Å²) in [6.45, 7) is 4.97. The van der Waals surface area contributed by atoms with Gasteiger partial charge in [0.2, 0.25) is 0 Å². The fourth-order valence-electron chi connectivity index (χ4n) is 2.29. The summed E-state index contributed by atoms with van der Waals surface area (Å²) in [7, 11) is 0. The van der Waals surface area contributed by atoms with Crippen LogP contribution in [0.1, 0.15) is 37.0 Å². The lowest BCUT2D eigenvalue weighted by atomic mass is 10.0. The molecule has 20 heavy (non-hydrogen) atoms. The number of carbonyl (C=O) groups excluding carboxylic acids is 1. The topological polar surface area (TPSA) is 68.0 Å². The quantitative estimate of drug-likeness (QED) is 0.878. The predicted molar refractivity (Wildman–Crippen MR) is 82.6 cm³/mol. The van der Waals surface area contributed by atoms with E-state index < -0.39 is 0 Å². The SMILES string of the molecule is CCC(CC)CNC(=O)c1cc(N)nc2ccccc12. The Bertz CT molecular complexity index is 606. The average Bonchev–Trinajstić information content (AvgIpc) is 2.47. The van der Waals surface area contributed by atoms with Crippen molar-refractivity contribution in [1.82, 2.24) is 10.3 Å². The van der Waals surface area contributed by atoms with Gasteiger partial charge in [-0.15, -0.1) is 0 Å². The molecule has 0 aliphatic heterocycles. The molecule has 2 rings (SSSR count). The van der Waals surface area contributed by atoms with Crippen LogP contribution < -0.4 is 11.1 Å². The number of hydrogen-bond donors (Lipinski definition) is 2. The lowest BCUT2D eigenvalue weighted by molar-refractivity contribution is 0.0948. The van der Waals surface area contributed by atoms with E-state index in [0.29, 0.717) is 23.8 Å². The van der Waals surface area contributed by atoms with E-state index in [9.17, 15) is 4.79 Å². The highest BCUT2D eigenvalue weighted by Crippen LogP contribution is 2.19. The number of anilines is 1. The van der Waals surface area contributed by atoms with Gasteiger partial charge in [-0.1, -0.05) is 44.9 Å². The summed E-state index contributed by atoms with van der Waals surface area (Å²) < 4.78 is 0. The number of fused-ring (bicyclic) bond motifs is 1. The molecule has 0 spiro atoms. The van der Waals surface area contributed by atoms with Gasteiger partial charge in [0.1, 0.15) is 5.82 Å². The van der Waals surface area contributed by atoms with Crippen LogP contribution in [-0.4, -0.2) is 17.4 Å². The molecule has 0 aliphatic rings. The van der Waals surface area contributed by atoms with Crippen molar-refractivity contribution < 1.29 is 4.79 Å². The highest BCUT2D eigenvalue weighted by atomic mass is 16.1. The number of aromatic nitrogens is 1. The van der Waals surface area contributed by atoms with Crippen molar-refractivity contribution >= 4 is 22.6 Å². The first-order valence-corrected chi connectivity index (χ1v) is 7.09. The standard InChI is InChI=1S/C16H21N3O/c1-3-11(4-2)10-18-16(20)13-9-15(17)19-14-8-6-5-7-12(13)14/h5-9,11H,3-4,10H2,1-2H3,(H2,17,19)(H,18,20). The van der Waals surface area contributed by atoms with Crippen molar-refractivity contribution in [3.63, 3.8) is 0 Å². The molecule has 0 aliphatic carbocycles. The van der Waals surface area contributed by atoms with Crippen LogP contribution in [0.3, 0.4) is 0 Å². The van der Waals surface area contributed by atoms with Gasteiger partial charge >= 0.3 is 0 Å². The van der Waals surface area contributed by atoms with E-state index in [0.717, 1.165) is 23.7 Å². The summed E-state index contributed by atoms with van der Waals surface area (Å²) in [5.41, 5.74) is 7.13. The van der Waals surface area contributed by atoms with Crippen LogP contribution in [0.15, 0.2) is 30.3 Å². The molecule has 2 aromatic rings. The number of nitrogens with zero attached hydrogens (tertiary/aromatic N) is 1. The minimum absolute atomic E-state index is 0.0813. The van der Waals surface area contributed by atoms with Gasteiger partial charge in [0.05, 0.1) is 11.1 Å². The van der Waals surface area contributed by atoms with Gasteiger partial charge < -0.3 is 11.1 Å². The van der Waals surface area contributed by atoms with Crippen molar-refractivity contribution in [3.05, 3.63) is 35.9 Å². The summed E-state index contributed by atoms with van der Waals surface area (Å²) in [6.07, 6.45) is 2.13. The number of hydrogen-bond acceptors (Lipinski definition) is 3. The number of rotatable bonds is 5. The van der Waals surface area contributed by atoms with Crippen molar-refractivity contribution in [1.29, 1.82) is 0 Å². The molecular weight excluding hydrogens is 250 g/mol.